The third-order valence-corrected chi connectivity index (χ3v) is 5.92. The molecule has 0 spiro atoms. The number of anilines is 1. The van der Waals surface area contributed by atoms with Crippen molar-refractivity contribution in [1.82, 2.24) is 9.71 Å². The molecule has 3 N–H and O–H groups in total. The first kappa shape index (κ1) is 15.2. The molecular weight excluding hydrogens is 318 g/mol. The van der Waals surface area contributed by atoms with Gasteiger partial charge in [0.2, 0.25) is 10.0 Å². The van der Waals surface area contributed by atoms with Gasteiger partial charge in [0.15, 0.2) is 0 Å². The van der Waals surface area contributed by atoms with Crippen LogP contribution in [0, 0.1) is 0 Å². The van der Waals surface area contributed by atoms with Gasteiger partial charge in [0.05, 0.1) is 16.2 Å². The lowest BCUT2D eigenvalue weighted by molar-refractivity contribution is 0.470. The van der Waals surface area contributed by atoms with Crippen molar-refractivity contribution in [3.8, 4) is 0 Å². The SMILES string of the molecule is CC(C)(NS(=O)(=O)c1c(N)cccc1Cl)c1nccs1. The third-order valence-electron chi connectivity index (χ3n) is 2.62. The molecule has 5 nitrogen and oxygen atoms in total. The Bertz CT molecular complexity index is 692. The van der Waals surface area contributed by atoms with Gasteiger partial charge in [-0.05, 0) is 26.0 Å². The van der Waals surface area contributed by atoms with Crippen molar-refractivity contribution in [3.63, 3.8) is 0 Å². The van der Waals surface area contributed by atoms with Crippen LogP contribution in [-0.4, -0.2) is 13.4 Å². The second-order valence-electron chi connectivity index (χ2n) is 4.73. The Morgan fingerprint density at radius 1 is 1.40 bits per heavy atom. The number of nitrogens with zero attached hydrogens (tertiary/aromatic N) is 1. The van der Waals surface area contributed by atoms with Crippen LogP contribution in [0.5, 0.6) is 0 Å². The second-order valence-corrected chi connectivity index (χ2v) is 7.65. The van der Waals surface area contributed by atoms with Crippen molar-refractivity contribution >= 4 is 38.6 Å². The Morgan fingerprint density at radius 3 is 2.65 bits per heavy atom. The second kappa shape index (κ2) is 5.33. The molecule has 1 heterocycles. The van der Waals surface area contributed by atoms with Crippen molar-refractivity contribution in [2.75, 3.05) is 5.73 Å². The van der Waals surface area contributed by atoms with E-state index in [1.807, 2.05) is 0 Å². The zero-order chi connectivity index (χ0) is 15.0. The monoisotopic (exact) mass is 331 g/mol. The molecule has 0 bridgehead atoms. The summed E-state index contributed by atoms with van der Waals surface area (Å²) in [6.07, 6.45) is 1.62. The van der Waals surface area contributed by atoms with E-state index < -0.39 is 15.6 Å². The van der Waals surface area contributed by atoms with E-state index in [4.69, 9.17) is 17.3 Å². The average Bonchev–Trinajstić information content (AvgIpc) is 2.80. The Hall–Kier alpha value is -1.15. The number of nitrogens with one attached hydrogen (secondary N) is 1. The molecule has 108 valence electrons. The zero-order valence-corrected chi connectivity index (χ0v) is 13.3. The molecule has 0 fully saturated rings. The highest BCUT2D eigenvalue weighted by Gasteiger charge is 2.32. The van der Waals surface area contributed by atoms with Gasteiger partial charge < -0.3 is 5.73 Å². The number of sulfonamides is 1. The highest BCUT2D eigenvalue weighted by molar-refractivity contribution is 7.89. The molecule has 8 heteroatoms. The fourth-order valence-electron chi connectivity index (χ4n) is 1.77. The Morgan fingerprint density at radius 2 is 2.10 bits per heavy atom. The average molecular weight is 332 g/mol. The first-order chi connectivity index (χ1) is 9.24. The van der Waals surface area contributed by atoms with Crippen molar-refractivity contribution in [1.29, 1.82) is 0 Å². The van der Waals surface area contributed by atoms with E-state index >= 15 is 0 Å². The summed E-state index contributed by atoms with van der Waals surface area (Å²) in [5, 5.41) is 2.54. The maximum Gasteiger partial charge on any atom is 0.244 e. The summed E-state index contributed by atoms with van der Waals surface area (Å²) < 4.78 is 27.6. The molecule has 0 aliphatic carbocycles. The summed E-state index contributed by atoms with van der Waals surface area (Å²) >= 11 is 7.33. The molecule has 2 rings (SSSR count). The largest absolute Gasteiger partial charge is 0.398 e. The lowest BCUT2D eigenvalue weighted by Crippen LogP contribution is -2.41. The van der Waals surface area contributed by atoms with Crippen LogP contribution in [0.25, 0.3) is 0 Å². The van der Waals surface area contributed by atoms with Crippen molar-refractivity contribution < 1.29 is 8.42 Å². The van der Waals surface area contributed by atoms with Gasteiger partial charge in [-0.25, -0.2) is 13.4 Å². The van der Waals surface area contributed by atoms with Crippen LogP contribution in [0.3, 0.4) is 0 Å². The number of nitrogens with two attached hydrogens (primary N) is 1. The minimum atomic E-state index is -3.85. The van der Waals surface area contributed by atoms with Crippen molar-refractivity contribution in [3.05, 3.63) is 39.8 Å². The van der Waals surface area contributed by atoms with Crippen LogP contribution in [0.15, 0.2) is 34.7 Å². The third kappa shape index (κ3) is 2.95. The lowest BCUT2D eigenvalue weighted by Gasteiger charge is -2.24. The van der Waals surface area contributed by atoms with Crippen LogP contribution < -0.4 is 10.5 Å². The molecule has 0 aliphatic rings. The maximum absolute atomic E-state index is 12.5. The Kier molecular flexibility index (Phi) is 4.06. The molecule has 0 radical (unpaired) electrons. The Balaban J connectivity index is 2.42. The first-order valence-corrected chi connectivity index (χ1v) is 8.46. The van der Waals surface area contributed by atoms with Gasteiger partial charge in [0, 0.05) is 11.6 Å². The van der Waals surface area contributed by atoms with Crippen LogP contribution >= 0.6 is 22.9 Å². The first-order valence-electron chi connectivity index (χ1n) is 5.72. The number of hydrogen-bond acceptors (Lipinski definition) is 5. The van der Waals surface area contributed by atoms with E-state index in [0.29, 0.717) is 5.01 Å². The summed E-state index contributed by atoms with van der Waals surface area (Å²) in [7, 11) is -3.85. The van der Waals surface area contributed by atoms with Gasteiger partial charge in [-0.2, -0.15) is 4.72 Å². The fourth-order valence-corrected chi connectivity index (χ4v) is 4.61. The molecule has 2 aromatic rings. The van der Waals surface area contributed by atoms with Gasteiger partial charge in [0.25, 0.3) is 0 Å². The number of rotatable bonds is 4. The molecule has 20 heavy (non-hydrogen) atoms. The van der Waals surface area contributed by atoms with Gasteiger partial charge in [-0.15, -0.1) is 11.3 Å². The summed E-state index contributed by atoms with van der Waals surface area (Å²) in [5.41, 5.74) is 4.99. The number of hydrogen-bond donors (Lipinski definition) is 2. The van der Waals surface area contributed by atoms with E-state index in [1.54, 1.807) is 31.5 Å². The molecule has 1 aromatic carbocycles. The molecule has 0 saturated heterocycles. The molecule has 0 unspecified atom stereocenters. The van der Waals surface area contributed by atoms with E-state index in [2.05, 4.69) is 9.71 Å². The quantitative estimate of drug-likeness (QED) is 0.843. The number of nitrogen functional groups attached to an aromatic ring is 1. The molecular formula is C12H14ClN3O2S2. The van der Waals surface area contributed by atoms with Gasteiger partial charge in [-0.1, -0.05) is 17.7 Å². The standard InChI is InChI=1S/C12H14ClN3O2S2/c1-12(2,11-15-6-7-19-11)16-20(17,18)10-8(13)4-3-5-9(10)14/h3-7,16H,14H2,1-2H3. The van der Waals surface area contributed by atoms with Crippen molar-refractivity contribution in [2.45, 2.75) is 24.3 Å². The maximum atomic E-state index is 12.5. The molecule has 1 aromatic heterocycles. The summed E-state index contributed by atoms with van der Waals surface area (Å²) in [6.45, 7) is 3.47. The highest BCUT2D eigenvalue weighted by atomic mass is 35.5. The van der Waals surface area contributed by atoms with Crippen LogP contribution in [0.4, 0.5) is 5.69 Å². The molecule has 0 amide bonds. The van der Waals surface area contributed by atoms with Crippen LogP contribution in [-0.2, 0) is 15.6 Å². The summed E-state index contributed by atoms with van der Waals surface area (Å²) in [4.78, 5) is 4.03. The highest BCUT2D eigenvalue weighted by Crippen LogP contribution is 2.30. The summed E-state index contributed by atoms with van der Waals surface area (Å²) in [5.74, 6) is 0. The van der Waals surface area contributed by atoms with Gasteiger partial charge in [0.1, 0.15) is 9.90 Å². The number of halogens is 1. The van der Waals surface area contributed by atoms with Gasteiger partial charge >= 0.3 is 0 Å². The van der Waals surface area contributed by atoms with Gasteiger partial charge in [-0.3, -0.25) is 0 Å². The minimum Gasteiger partial charge on any atom is -0.398 e. The molecule has 0 atom stereocenters. The van der Waals surface area contributed by atoms with Crippen LogP contribution in [0.2, 0.25) is 5.02 Å². The normalized spacial score (nSPS) is 12.6. The number of aromatic nitrogens is 1. The number of thiazole rings is 1. The predicted molar refractivity (Wildman–Crippen MR) is 81.3 cm³/mol. The zero-order valence-electron chi connectivity index (χ0n) is 10.9. The Labute approximate surface area is 126 Å². The molecule has 0 saturated carbocycles. The van der Waals surface area contributed by atoms with E-state index in [9.17, 15) is 8.42 Å². The minimum absolute atomic E-state index is 0.0902. The van der Waals surface area contributed by atoms with E-state index in [1.165, 1.54) is 23.5 Å². The summed E-state index contributed by atoms with van der Waals surface area (Å²) in [6, 6.07) is 4.59. The number of benzene rings is 1. The fraction of sp³-hybridized carbons (Fsp3) is 0.250. The van der Waals surface area contributed by atoms with E-state index in [0.717, 1.165) is 0 Å². The predicted octanol–water partition coefficient (Wildman–Crippen LogP) is 2.59. The lowest BCUT2D eigenvalue weighted by atomic mass is 10.1. The van der Waals surface area contributed by atoms with E-state index in [-0.39, 0.29) is 15.6 Å². The smallest absolute Gasteiger partial charge is 0.244 e. The topological polar surface area (TPSA) is 85.1 Å². The molecule has 0 aliphatic heterocycles. The van der Waals surface area contributed by atoms with Crippen molar-refractivity contribution in [2.24, 2.45) is 0 Å². The van der Waals surface area contributed by atoms with Crippen LogP contribution in [0.1, 0.15) is 18.9 Å².